The maximum atomic E-state index is 12.0. The first-order valence-corrected chi connectivity index (χ1v) is 19.4. The first-order chi connectivity index (χ1) is 22.8. The largest absolute Gasteiger partial charge is 0.457 e. The molecule has 48 heavy (non-hydrogen) atoms. The molecule has 12 atom stereocenters. The van der Waals surface area contributed by atoms with E-state index in [0.29, 0.717) is 34.0 Å². The van der Waals surface area contributed by atoms with Gasteiger partial charge in [-0.3, -0.25) is 9.69 Å². The lowest BCUT2D eigenvalue weighted by molar-refractivity contribution is -0.245. The Labute approximate surface area is 290 Å². The van der Waals surface area contributed by atoms with E-state index >= 15 is 0 Å². The fourth-order valence-corrected chi connectivity index (χ4v) is 13.5. The van der Waals surface area contributed by atoms with E-state index in [0.717, 1.165) is 57.8 Å². The third-order valence-corrected chi connectivity index (χ3v) is 15.6. The van der Waals surface area contributed by atoms with Gasteiger partial charge in [-0.15, -0.1) is 0 Å². The highest BCUT2D eigenvalue weighted by Crippen LogP contribution is 2.87. The van der Waals surface area contributed by atoms with Gasteiger partial charge in [-0.25, -0.2) is 0 Å². The second-order valence-electron chi connectivity index (χ2n) is 18.7. The second-order valence-corrected chi connectivity index (χ2v) is 18.7. The topological polar surface area (TPSA) is 77.5 Å². The van der Waals surface area contributed by atoms with Crippen LogP contribution in [0.25, 0.3) is 0 Å². The fraction of sp³-hybridized carbons (Fsp3) is 0.829. The zero-order valence-corrected chi connectivity index (χ0v) is 30.4. The van der Waals surface area contributed by atoms with E-state index in [2.05, 4.69) is 56.0 Å². The minimum atomic E-state index is -1.14. The van der Waals surface area contributed by atoms with Gasteiger partial charge in [0.05, 0.1) is 30.5 Å². The summed E-state index contributed by atoms with van der Waals surface area (Å²) < 4.78 is 25.8. The van der Waals surface area contributed by atoms with Crippen LogP contribution in [0.5, 0.6) is 0 Å². The lowest BCUT2D eigenvalue weighted by atomic mass is 9.46. The summed E-state index contributed by atoms with van der Waals surface area (Å²) in [6.07, 6.45) is 11.6. The molecule has 0 amide bonds. The van der Waals surface area contributed by atoms with E-state index in [9.17, 15) is 9.90 Å². The molecule has 5 aliphatic carbocycles. The number of carbonyl (C=O) groups excluding carboxylic acids is 1. The molecule has 1 N–H and O–H groups in total. The predicted octanol–water partition coefficient (Wildman–Crippen LogP) is 7.39. The molecule has 1 aromatic rings. The molecule has 5 saturated carbocycles. The molecule has 2 heterocycles. The Morgan fingerprint density at radius 1 is 1.02 bits per heavy atom. The highest BCUT2D eigenvalue weighted by atomic mass is 16.7. The summed E-state index contributed by atoms with van der Waals surface area (Å²) >= 11 is 0. The van der Waals surface area contributed by atoms with Crippen molar-refractivity contribution < 1.29 is 30.3 Å². The number of benzene rings is 1. The van der Waals surface area contributed by atoms with E-state index in [-0.39, 0.29) is 37.4 Å². The molecule has 8 unspecified atom stereocenters. The molecule has 7 heteroatoms. The summed E-state index contributed by atoms with van der Waals surface area (Å²) in [6, 6.07) is 10.8. The molecule has 2 saturated heterocycles. The number of aliphatic hydroxyl groups is 1. The van der Waals surface area contributed by atoms with Crippen LogP contribution in [0, 0.1) is 45.3 Å². The van der Waals surface area contributed by atoms with Crippen molar-refractivity contribution in [2.24, 2.45) is 45.3 Å². The first-order valence-electron chi connectivity index (χ1n) is 19.4. The zero-order valence-electron chi connectivity index (χ0n) is 30.4. The number of fused-ring (bicyclic) bond motifs is 4. The Kier molecular flexibility index (Phi) is 8.24. The van der Waals surface area contributed by atoms with Crippen molar-refractivity contribution in [2.75, 3.05) is 19.7 Å². The van der Waals surface area contributed by atoms with Gasteiger partial charge in [-0.2, -0.15) is 0 Å². The number of hydrogen-bond acceptors (Lipinski definition) is 7. The Morgan fingerprint density at radius 2 is 1.79 bits per heavy atom. The molecule has 1 aromatic carbocycles. The van der Waals surface area contributed by atoms with Gasteiger partial charge in [0.25, 0.3) is 0 Å². The Balaban J connectivity index is 0.00000378. The minimum Gasteiger partial charge on any atom is -0.457 e. The van der Waals surface area contributed by atoms with E-state index in [1.54, 1.807) is 13.8 Å². The van der Waals surface area contributed by atoms with Crippen LogP contribution in [0.2, 0.25) is 0 Å². The van der Waals surface area contributed by atoms with Gasteiger partial charge in [0, 0.05) is 28.0 Å². The average Bonchev–Trinajstić information content (AvgIpc) is 3.61. The summed E-state index contributed by atoms with van der Waals surface area (Å²) in [5.41, 5.74) is 1.60. The first kappa shape index (κ1) is 33.6. The highest BCUT2D eigenvalue weighted by Gasteiger charge is 2.80. The van der Waals surface area contributed by atoms with Crippen LogP contribution in [-0.2, 0) is 30.3 Å². The number of nitrogens with zero attached hydrogens (tertiary/aromatic N) is 1. The Bertz CT molecular complexity index is 1370. The number of rotatable bonds is 7. The molecule has 7 nitrogen and oxygen atoms in total. The monoisotopic (exact) mass is 665 g/mol. The van der Waals surface area contributed by atoms with Gasteiger partial charge >= 0.3 is 5.97 Å². The SMILES string of the molecule is CC(=O)O[C@@H](C1CCC2C(CC3C4CCC5C(C)(C)[C@@H](OC6CN(Cc7ccccc7)CCO6)CC[C@@]56CC46CC[C@]23C)O1)C(C)(C)O.[HH]. The summed E-state index contributed by atoms with van der Waals surface area (Å²) in [5, 5.41) is 10.9. The molecular formula is C41H63NO6. The second kappa shape index (κ2) is 11.8. The number of morpholine rings is 1. The van der Waals surface area contributed by atoms with E-state index in [1.807, 2.05) is 0 Å². The van der Waals surface area contributed by atoms with Gasteiger partial charge in [-0.1, -0.05) is 51.1 Å². The maximum absolute atomic E-state index is 12.0. The lowest BCUT2D eigenvalue weighted by Gasteiger charge is -2.60. The molecule has 2 spiro atoms. The summed E-state index contributed by atoms with van der Waals surface area (Å²) in [5.74, 6) is 2.38. The van der Waals surface area contributed by atoms with Crippen LogP contribution >= 0.6 is 0 Å². The molecule has 2 aliphatic heterocycles. The third-order valence-electron chi connectivity index (χ3n) is 15.6. The molecular weight excluding hydrogens is 602 g/mol. The van der Waals surface area contributed by atoms with Crippen molar-refractivity contribution in [2.45, 2.75) is 149 Å². The summed E-state index contributed by atoms with van der Waals surface area (Å²) in [6.45, 7) is 16.0. The Morgan fingerprint density at radius 3 is 2.54 bits per heavy atom. The van der Waals surface area contributed by atoms with E-state index < -0.39 is 11.7 Å². The zero-order chi connectivity index (χ0) is 33.7. The van der Waals surface area contributed by atoms with Crippen molar-refractivity contribution in [1.29, 1.82) is 0 Å². The number of ether oxygens (including phenoxy) is 4. The van der Waals surface area contributed by atoms with Crippen molar-refractivity contribution in [3.8, 4) is 0 Å². The quantitative estimate of drug-likeness (QED) is 0.305. The van der Waals surface area contributed by atoms with Crippen LogP contribution in [0.1, 0.15) is 113 Å². The number of esters is 1. The van der Waals surface area contributed by atoms with Gasteiger partial charge in [0.2, 0.25) is 0 Å². The van der Waals surface area contributed by atoms with Crippen molar-refractivity contribution in [1.82, 2.24) is 4.90 Å². The fourth-order valence-electron chi connectivity index (χ4n) is 13.5. The smallest absolute Gasteiger partial charge is 0.303 e. The van der Waals surface area contributed by atoms with Crippen molar-refractivity contribution >= 4 is 5.97 Å². The van der Waals surface area contributed by atoms with Crippen LogP contribution in [0.15, 0.2) is 30.3 Å². The number of carbonyl (C=O) groups is 1. The van der Waals surface area contributed by atoms with E-state index in [1.165, 1.54) is 51.0 Å². The molecule has 268 valence electrons. The molecule has 7 fully saturated rings. The van der Waals surface area contributed by atoms with Crippen LogP contribution in [0.3, 0.4) is 0 Å². The normalized spacial score (nSPS) is 45.5. The maximum Gasteiger partial charge on any atom is 0.303 e. The molecule has 0 radical (unpaired) electrons. The summed E-state index contributed by atoms with van der Waals surface area (Å²) in [7, 11) is 0. The molecule has 0 bridgehead atoms. The summed E-state index contributed by atoms with van der Waals surface area (Å²) in [4.78, 5) is 14.5. The third kappa shape index (κ3) is 5.26. The van der Waals surface area contributed by atoms with Crippen molar-refractivity contribution in [3.05, 3.63) is 35.9 Å². The highest BCUT2D eigenvalue weighted by molar-refractivity contribution is 5.66. The number of hydrogen-bond donors (Lipinski definition) is 1. The van der Waals surface area contributed by atoms with Gasteiger partial charge in [-0.05, 0) is 129 Å². The van der Waals surface area contributed by atoms with E-state index in [4.69, 9.17) is 18.9 Å². The van der Waals surface area contributed by atoms with Gasteiger partial charge in [0.1, 0.15) is 0 Å². The minimum absolute atomic E-state index is 0. The molecule has 7 aliphatic rings. The predicted molar refractivity (Wildman–Crippen MR) is 186 cm³/mol. The average molecular weight is 666 g/mol. The van der Waals surface area contributed by atoms with Crippen LogP contribution in [-0.4, -0.2) is 72.0 Å². The lowest BCUT2D eigenvalue weighted by Crippen LogP contribution is -2.56. The van der Waals surface area contributed by atoms with Crippen LogP contribution in [0.4, 0.5) is 0 Å². The van der Waals surface area contributed by atoms with Crippen LogP contribution < -0.4 is 0 Å². The molecule has 0 aromatic heterocycles. The van der Waals surface area contributed by atoms with Crippen molar-refractivity contribution in [3.63, 3.8) is 0 Å². The van der Waals surface area contributed by atoms with Gasteiger partial charge in [0.15, 0.2) is 12.4 Å². The molecule has 8 rings (SSSR count). The van der Waals surface area contributed by atoms with Gasteiger partial charge < -0.3 is 24.1 Å². The Hall–Kier alpha value is -1.51. The standard InChI is InChI=1S/C41H61NO6.H2/c1-26(43)46-36(38(4,5)44)31-14-12-29-32(47-31)22-30-28-13-15-33-37(2,3)34(16-17-41(33)25-40(28,41)19-18-39(29,30)6)48-35-24-42(20-21-45-35)23-27-10-8-7-9-11-27;/h7-11,28-36,44H,12-25H2,1-6H3;1H/t28?,29?,30?,31?,32?,33?,34-,35?,36-,39+,40?,41+;/m0./s1.